The maximum Gasteiger partial charge on any atom is 0.311 e. The van der Waals surface area contributed by atoms with Crippen molar-refractivity contribution in [1.82, 2.24) is 0 Å². The molecule has 2 N–H and O–H groups in total. The molecule has 1 saturated carbocycles. The minimum absolute atomic E-state index is 0. The largest absolute Gasteiger partial charge is 0.460 e. The van der Waals surface area contributed by atoms with E-state index in [2.05, 4.69) is 0 Å². The van der Waals surface area contributed by atoms with Crippen LogP contribution in [0.1, 0.15) is 46.5 Å². The van der Waals surface area contributed by atoms with Crippen molar-refractivity contribution in [1.29, 1.82) is 0 Å². The Morgan fingerprint density at radius 1 is 1.27 bits per heavy atom. The number of esters is 1. The van der Waals surface area contributed by atoms with Crippen molar-refractivity contribution in [3.8, 4) is 0 Å². The zero-order chi connectivity index (χ0) is 10.8. The molecule has 1 rings (SSSR count). The number of ether oxygens (including phenoxy) is 1. The van der Waals surface area contributed by atoms with Crippen molar-refractivity contribution >= 4 is 18.4 Å². The van der Waals surface area contributed by atoms with Crippen LogP contribution in [0.4, 0.5) is 0 Å². The molecule has 1 fully saturated rings. The molecule has 0 aromatic carbocycles. The molecule has 0 unspecified atom stereocenters. The lowest BCUT2D eigenvalue weighted by atomic mass is 9.85. The predicted molar refractivity (Wildman–Crippen MR) is 63.0 cm³/mol. The van der Waals surface area contributed by atoms with Gasteiger partial charge in [-0.25, -0.2) is 0 Å². The summed E-state index contributed by atoms with van der Waals surface area (Å²) in [7, 11) is 0. The molecule has 0 bridgehead atoms. The first kappa shape index (κ1) is 14.7. The van der Waals surface area contributed by atoms with E-state index < -0.39 is 5.60 Å². The molecule has 0 aromatic rings. The van der Waals surface area contributed by atoms with Gasteiger partial charge in [-0.1, -0.05) is 12.8 Å². The third kappa shape index (κ3) is 4.85. The number of nitrogens with two attached hydrogens (primary N) is 1. The number of hydrogen-bond donors (Lipinski definition) is 1. The summed E-state index contributed by atoms with van der Waals surface area (Å²) in [5.74, 6) is -0.201. The van der Waals surface area contributed by atoms with Crippen LogP contribution in [0.2, 0.25) is 0 Å². The van der Waals surface area contributed by atoms with E-state index in [4.69, 9.17) is 10.5 Å². The van der Waals surface area contributed by atoms with Gasteiger partial charge < -0.3 is 10.5 Å². The average Bonchev–Trinajstić information content (AvgIpc) is 2.01. The third-order valence-electron chi connectivity index (χ3n) is 2.53. The SMILES string of the molecule is CC(C)(C)OC(=O)[C@H]1CCCC[C@@H]1N.Cl. The Morgan fingerprint density at radius 3 is 2.27 bits per heavy atom. The van der Waals surface area contributed by atoms with Gasteiger partial charge in [0.1, 0.15) is 5.60 Å². The molecule has 0 heterocycles. The highest BCUT2D eigenvalue weighted by Gasteiger charge is 2.31. The maximum absolute atomic E-state index is 11.7. The van der Waals surface area contributed by atoms with Crippen LogP contribution in [-0.2, 0) is 9.53 Å². The number of halogens is 1. The van der Waals surface area contributed by atoms with Crippen LogP contribution in [0.25, 0.3) is 0 Å². The molecule has 0 aromatic heterocycles. The van der Waals surface area contributed by atoms with E-state index in [-0.39, 0.29) is 30.3 Å². The van der Waals surface area contributed by atoms with Crippen molar-refractivity contribution in [2.45, 2.75) is 58.1 Å². The molecule has 90 valence electrons. The highest BCUT2D eigenvalue weighted by molar-refractivity contribution is 5.85. The van der Waals surface area contributed by atoms with Gasteiger partial charge in [0.05, 0.1) is 5.92 Å². The van der Waals surface area contributed by atoms with Crippen LogP contribution < -0.4 is 5.73 Å². The molecule has 0 aliphatic heterocycles. The van der Waals surface area contributed by atoms with Gasteiger partial charge in [0, 0.05) is 6.04 Å². The highest BCUT2D eigenvalue weighted by atomic mass is 35.5. The predicted octanol–water partition coefficient (Wildman–Crippen LogP) is 2.27. The number of carbonyl (C=O) groups excluding carboxylic acids is 1. The van der Waals surface area contributed by atoms with E-state index in [1.807, 2.05) is 20.8 Å². The lowest BCUT2D eigenvalue weighted by molar-refractivity contribution is -0.161. The van der Waals surface area contributed by atoms with Crippen LogP contribution in [-0.4, -0.2) is 17.6 Å². The Kier molecular flexibility index (Phi) is 5.60. The molecule has 0 radical (unpaired) electrons. The van der Waals surface area contributed by atoms with E-state index >= 15 is 0 Å². The highest BCUT2D eigenvalue weighted by Crippen LogP contribution is 2.25. The van der Waals surface area contributed by atoms with Gasteiger partial charge in [-0.15, -0.1) is 12.4 Å². The van der Waals surface area contributed by atoms with E-state index in [1.165, 1.54) is 0 Å². The Balaban J connectivity index is 0.00000196. The maximum atomic E-state index is 11.7. The fourth-order valence-electron chi connectivity index (χ4n) is 1.83. The minimum atomic E-state index is -0.395. The van der Waals surface area contributed by atoms with Crippen molar-refractivity contribution in [3.63, 3.8) is 0 Å². The van der Waals surface area contributed by atoms with Gasteiger partial charge >= 0.3 is 5.97 Å². The first-order valence-corrected chi connectivity index (χ1v) is 5.38. The molecule has 2 atom stereocenters. The fraction of sp³-hybridized carbons (Fsp3) is 0.909. The zero-order valence-corrected chi connectivity index (χ0v) is 10.6. The Morgan fingerprint density at radius 2 is 1.80 bits per heavy atom. The number of hydrogen-bond acceptors (Lipinski definition) is 3. The van der Waals surface area contributed by atoms with Crippen molar-refractivity contribution in [2.24, 2.45) is 11.7 Å². The van der Waals surface area contributed by atoms with Crippen molar-refractivity contribution in [3.05, 3.63) is 0 Å². The summed E-state index contributed by atoms with van der Waals surface area (Å²) in [6, 6.07) is -0.00130. The standard InChI is InChI=1S/C11H21NO2.ClH/c1-11(2,3)14-10(13)8-6-4-5-7-9(8)12;/h8-9H,4-7,12H2,1-3H3;1H/t8-,9-;/m0./s1. The quantitative estimate of drug-likeness (QED) is 0.710. The molecule has 15 heavy (non-hydrogen) atoms. The van der Waals surface area contributed by atoms with Gasteiger partial charge in [-0.2, -0.15) is 0 Å². The molecule has 4 heteroatoms. The number of carbonyl (C=O) groups is 1. The summed E-state index contributed by atoms with van der Waals surface area (Å²) in [6.07, 6.45) is 4.07. The first-order chi connectivity index (χ1) is 6.40. The van der Waals surface area contributed by atoms with E-state index in [0.29, 0.717) is 0 Å². The summed E-state index contributed by atoms with van der Waals surface area (Å²) in [6.45, 7) is 5.66. The normalized spacial score (nSPS) is 26.7. The zero-order valence-electron chi connectivity index (χ0n) is 9.79. The minimum Gasteiger partial charge on any atom is -0.460 e. The molecule has 0 saturated heterocycles. The van der Waals surface area contributed by atoms with Crippen LogP contribution in [0, 0.1) is 5.92 Å². The molecule has 3 nitrogen and oxygen atoms in total. The van der Waals surface area contributed by atoms with E-state index in [9.17, 15) is 4.79 Å². The molecule has 0 amide bonds. The summed E-state index contributed by atoms with van der Waals surface area (Å²) >= 11 is 0. The Labute approximate surface area is 98.2 Å². The van der Waals surface area contributed by atoms with Gasteiger partial charge in [-0.05, 0) is 33.6 Å². The molecule has 0 spiro atoms. The van der Waals surface area contributed by atoms with E-state index in [1.54, 1.807) is 0 Å². The van der Waals surface area contributed by atoms with Gasteiger partial charge in [0.2, 0.25) is 0 Å². The van der Waals surface area contributed by atoms with Gasteiger partial charge in [0.15, 0.2) is 0 Å². The Bertz CT molecular complexity index is 213. The second-order valence-electron chi connectivity index (χ2n) is 5.09. The second kappa shape index (κ2) is 5.71. The van der Waals surface area contributed by atoms with Gasteiger partial charge in [-0.3, -0.25) is 4.79 Å². The smallest absolute Gasteiger partial charge is 0.311 e. The van der Waals surface area contributed by atoms with Crippen LogP contribution in [0.5, 0.6) is 0 Å². The molecule has 1 aliphatic carbocycles. The Hall–Kier alpha value is -0.280. The summed E-state index contributed by atoms with van der Waals surface area (Å²) in [5, 5.41) is 0. The lowest BCUT2D eigenvalue weighted by Crippen LogP contribution is -2.41. The first-order valence-electron chi connectivity index (χ1n) is 5.38. The number of rotatable bonds is 1. The topological polar surface area (TPSA) is 52.3 Å². The van der Waals surface area contributed by atoms with Gasteiger partial charge in [0.25, 0.3) is 0 Å². The lowest BCUT2D eigenvalue weighted by Gasteiger charge is -2.30. The van der Waals surface area contributed by atoms with Crippen LogP contribution in [0.15, 0.2) is 0 Å². The van der Waals surface area contributed by atoms with E-state index in [0.717, 1.165) is 25.7 Å². The van der Waals surface area contributed by atoms with Crippen LogP contribution >= 0.6 is 12.4 Å². The third-order valence-corrected chi connectivity index (χ3v) is 2.53. The average molecular weight is 236 g/mol. The summed E-state index contributed by atoms with van der Waals surface area (Å²) < 4.78 is 5.33. The molecular formula is C11H22ClNO2. The molecule has 1 aliphatic rings. The fourth-order valence-corrected chi connectivity index (χ4v) is 1.83. The van der Waals surface area contributed by atoms with Crippen molar-refractivity contribution < 1.29 is 9.53 Å². The monoisotopic (exact) mass is 235 g/mol. The molecular weight excluding hydrogens is 214 g/mol. The van der Waals surface area contributed by atoms with Crippen molar-refractivity contribution in [2.75, 3.05) is 0 Å². The second-order valence-corrected chi connectivity index (χ2v) is 5.09. The summed E-state index contributed by atoms with van der Waals surface area (Å²) in [4.78, 5) is 11.7. The van der Waals surface area contributed by atoms with Crippen LogP contribution in [0.3, 0.4) is 0 Å². The summed E-state index contributed by atoms with van der Waals surface area (Å²) in [5.41, 5.74) is 5.50.